The van der Waals surface area contributed by atoms with Crippen LogP contribution in [-0.4, -0.2) is 25.0 Å². The highest BCUT2D eigenvalue weighted by Gasteiger charge is 2.37. The Morgan fingerprint density at radius 3 is 2.79 bits per heavy atom. The average Bonchev–Trinajstić information content (AvgIpc) is 3.01. The third kappa shape index (κ3) is 2.63. The van der Waals surface area contributed by atoms with Crippen molar-refractivity contribution in [3.63, 3.8) is 0 Å². The zero-order valence-electron chi connectivity index (χ0n) is 14.3. The highest BCUT2D eigenvalue weighted by molar-refractivity contribution is 6.07. The molecule has 2 aromatic rings. The van der Waals surface area contributed by atoms with Crippen LogP contribution < -0.4 is 0 Å². The van der Waals surface area contributed by atoms with Crippen LogP contribution in [0.25, 0.3) is 16.3 Å². The quantitative estimate of drug-likeness (QED) is 0.589. The number of hydrogen-bond acceptors (Lipinski definition) is 3. The lowest BCUT2D eigenvalue weighted by Gasteiger charge is -2.28. The van der Waals surface area contributed by atoms with E-state index >= 15 is 0 Å². The maximum Gasteiger partial charge on any atom is 0.106 e. The van der Waals surface area contributed by atoms with Gasteiger partial charge in [-0.3, -0.25) is 0 Å². The summed E-state index contributed by atoms with van der Waals surface area (Å²) in [6.45, 7) is 2.13. The van der Waals surface area contributed by atoms with E-state index in [9.17, 15) is 0 Å². The van der Waals surface area contributed by atoms with Gasteiger partial charge >= 0.3 is 0 Å². The van der Waals surface area contributed by atoms with Gasteiger partial charge in [0.1, 0.15) is 7.11 Å². The third-order valence-corrected chi connectivity index (χ3v) is 5.13. The number of hydrogen-bond donors (Lipinski definition) is 0. The molecule has 0 saturated carbocycles. The topological polar surface area (TPSA) is 30.8 Å². The highest BCUT2D eigenvalue weighted by Crippen LogP contribution is 2.42. The van der Waals surface area contributed by atoms with Gasteiger partial charge in [0.2, 0.25) is 0 Å². The maximum atomic E-state index is 6.18. The van der Waals surface area contributed by atoms with Crippen LogP contribution in [0.2, 0.25) is 0 Å². The van der Waals surface area contributed by atoms with Gasteiger partial charge in [0.25, 0.3) is 0 Å². The summed E-state index contributed by atoms with van der Waals surface area (Å²) in [5, 5.41) is 6.86. The zero-order chi connectivity index (χ0) is 16.5. The normalized spacial score (nSPS) is 23.8. The molecule has 0 radical (unpaired) electrons. The largest absolute Gasteiger partial charge is 0.399 e. The summed E-state index contributed by atoms with van der Waals surface area (Å²) in [4.78, 5) is 5.11. The van der Waals surface area contributed by atoms with Gasteiger partial charge in [0, 0.05) is 5.57 Å². The fraction of sp³-hybridized carbons (Fsp3) is 0.381. The SMILES string of the molecule is CCC(=NOC)C1=C(c2ccc3ccccc3c2)CC2CC[C@@H]1O2. The van der Waals surface area contributed by atoms with E-state index in [4.69, 9.17) is 9.57 Å². The first-order valence-corrected chi connectivity index (χ1v) is 8.78. The molecule has 1 fully saturated rings. The van der Waals surface area contributed by atoms with E-state index in [-0.39, 0.29) is 6.10 Å². The monoisotopic (exact) mass is 321 g/mol. The van der Waals surface area contributed by atoms with Crippen LogP contribution in [0.1, 0.15) is 38.2 Å². The van der Waals surface area contributed by atoms with Crippen molar-refractivity contribution in [1.82, 2.24) is 0 Å². The van der Waals surface area contributed by atoms with Crippen molar-refractivity contribution in [2.75, 3.05) is 7.11 Å². The Morgan fingerprint density at radius 2 is 2.00 bits per heavy atom. The van der Waals surface area contributed by atoms with Gasteiger partial charge < -0.3 is 9.57 Å². The van der Waals surface area contributed by atoms with Crippen molar-refractivity contribution in [2.45, 2.75) is 44.8 Å². The van der Waals surface area contributed by atoms with E-state index in [1.165, 1.54) is 27.5 Å². The number of fused-ring (bicyclic) bond motifs is 3. The molecule has 2 aliphatic rings. The molecule has 0 N–H and O–H groups in total. The van der Waals surface area contributed by atoms with Crippen LogP contribution in [0.4, 0.5) is 0 Å². The molecular weight excluding hydrogens is 298 g/mol. The number of nitrogens with zero attached hydrogens (tertiary/aromatic N) is 1. The van der Waals surface area contributed by atoms with Crippen LogP contribution in [0, 0.1) is 0 Å². The molecule has 2 heterocycles. The summed E-state index contributed by atoms with van der Waals surface area (Å²) < 4.78 is 6.18. The van der Waals surface area contributed by atoms with E-state index in [0.29, 0.717) is 6.10 Å². The molecule has 1 saturated heterocycles. The van der Waals surface area contributed by atoms with Gasteiger partial charge in [-0.2, -0.15) is 0 Å². The summed E-state index contributed by atoms with van der Waals surface area (Å²) in [6, 6.07) is 15.3. The Balaban J connectivity index is 1.88. The summed E-state index contributed by atoms with van der Waals surface area (Å²) in [6.07, 6.45) is 4.55. The maximum absolute atomic E-state index is 6.18. The highest BCUT2D eigenvalue weighted by atomic mass is 16.6. The molecule has 3 nitrogen and oxygen atoms in total. The molecule has 4 rings (SSSR count). The van der Waals surface area contributed by atoms with Gasteiger partial charge in [0.05, 0.1) is 17.9 Å². The fourth-order valence-electron chi connectivity index (χ4n) is 4.02. The molecule has 2 bridgehead atoms. The molecule has 0 aliphatic carbocycles. The standard InChI is InChI=1S/C21H23NO2/c1-3-19(22-23-2)21-18(13-17-10-11-20(21)24-17)16-9-8-14-6-4-5-7-15(14)12-16/h4-9,12,17,20H,3,10-11,13H2,1-2H3/t17?,20-/m0/s1. The molecule has 0 spiro atoms. The predicted molar refractivity (Wildman–Crippen MR) is 98.1 cm³/mol. The van der Waals surface area contributed by atoms with Crippen molar-refractivity contribution in [1.29, 1.82) is 0 Å². The van der Waals surface area contributed by atoms with E-state index in [2.05, 4.69) is 54.5 Å². The molecule has 24 heavy (non-hydrogen) atoms. The van der Waals surface area contributed by atoms with Gasteiger partial charge in [-0.25, -0.2) is 0 Å². The predicted octanol–water partition coefficient (Wildman–Crippen LogP) is 4.96. The molecular formula is C21H23NO2. The summed E-state index contributed by atoms with van der Waals surface area (Å²) in [5.41, 5.74) is 4.95. The van der Waals surface area contributed by atoms with Crippen LogP contribution >= 0.6 is 0 Å². The third-order valence-electron chi connectivity index (χ3n) is 5.13. The molecule has 2 aromatic carbocycles. The molecule has 0 amide bonds. The summed E-state index contributed by atoms with van der Waals surface area (Å²) >= 11 is 0. The van der Waals surface area contributed by atoms with Crippen molar-refractivity contribution < 1.29 is 9.57 Å². The second kappa shape index (κ2) is 6.40. The molecule has 3 heteroatoms. The molecule has 124 valence electrons. The van der Waals surface area contributed by atoms with E-state index in [0.717, 1.165) is 31.4 Å². The van der Waals surface area contributed by atoms with Crippen molar-refractivity contribution in [3.05, 3.63) is 53.6 Å². The minimum absolute atomic E-state index is 0.166. The first kappa shape index (κ1) is 15.4. The molecule has 2 atom stereocenters. The fourth-order valence-corrected chi connectivity index (χ4v) is 4.02. The molecule has 1 unspecified atom stereocenters. The number of oxime groups is 1. The van der Waals surface area contributed by atoms with E-state index < -0.39 is 0 Å². The van der Waals surface area contributed by atoms with Crippen LogP contribution in [-0.2, 0) is 9.57 Å². The molecule has 0 aromatic heterocycles. The second-order valence-corrected chi connectivity index (χ2v) is 6.56. The minimum Gasteiger partial charge on any atom is -0.399 e. The summed E-state index contributed by atoms with van der Waals surface area (Å²) in [5.74, 6) is 0. The number of rotatable bonds is 4. The lowest BCUT2D eigenvalue weighted by molar-refractivity contribution is 0.0628. The van der Waals surface area contributed by atoms with Crippen molar-refractivity contribution >= 4 is 22.1 Å². The van der Waals surface area contributed by atoms with Crippen molar-refractivity contribution in [3.8, 4) is 0 Å². The zero-order valence-corrected chi connectivity index (χ0v) is 14.3. The Labute approximate surface area is 143 Å². The summed E-state index contributed by atoms with van der Waals surface area (Å²) in [7, 11) is 1.62. The first-order valence-electron chi connectivity index (χ1n) is 8.78. The number of benzene rings is 2. The second-order valence-electron chi connectivity index (χ2n) is 6.56. The Bertz CT molecular complexity index is 821. The first-order chi connectivity index (χ1) is 11.8. The number of ether oxygens (including phenoxy) is 1. The Morgan fingerprint density at radius 1 is 1.17 bits per heavy atom. The smallest absolute Gasteiger partial charge is 0.106 e. The van der Waals surface area contributed by atoms with E-state index in [1.807, 2.05) is 0 Å². The van der Waals surface area contributed by atoms with Crippen LogP contribution in [0.5, 0.6) is 0 Å². The van der Waals surface area contributed by atoms with Gasteiger partial charge in [-0.15, -0.1) is 0 Å². The van der Waals surface area contributed by atoms with Gasteiger partial charge in [0.15, 0.2) is 0 Å². The van der Waals surface area contributed by atoms with Crippen LogP contribution in [0.3, 0.4) is 0 Å². The van der Waals surface area contributed by atoms with Gasteiger partial charge in [-0.05, 0) is 53.7 Å². The lowest BCUT2D eigenvalue weighted by atomic mass is 9.88. The minimum atomic E-state index is 0.166. The average molecular weight is 321 g/mol. The Kier molecular flexibility index (Phi) is 4.11. The van der Waals surface area contributed by atoms with Crippen molar-refractivity contribution in [2.24, 2.45) is 5.16 Å². The van der Waals surface area contributed by atoms with Crippen LogP contribution in [0.15, 0.2) is 53.2 Å². The molecule has 2 aliphatic heterocycles. The van der Waals surface area contributed by atoms with Gasteiger partial charge in [-0.1, -0.05) is 48.5 Å². The van der Waals surface area contributed by atoms with E-state index in [1.54, 1.807) is 7.11 Å². The lowest BCUT2D eigenvalue weighted by Crippen LogP contribution is -2.26. The Hall–Kier alpha value is -2.13.